The van der Waals surface area contributed by atoms with Crippen molar-refractivity contribution in [3.05, 3.63) is 211 Å². The molecule has 1 aliphatic carbocycles. The number of hydrogen-bond acceptors (Lipinski definition) is 2. The number of benzene rings is 9. The van der Waals surface area contributed by atoms with Crippen molar-refractivity contribution < 1.29 is 4.42 Å². The normalized spacial score (nSPS) is 12.9. The van der Waals surface area contributed by atoms with Gasteiger partial charge < -0.3 is 9.32 Å². The third-order valence-electron chi connectivity index (χ3n) is 12.0. The Balaban J connectivity index is 1.19. The third-order valence-corrected chi connectivity index (χ3v) is 12.0. The van der Waals surface area contributed by atoms with E-state index in [1.165, 1.54) is 49.9 Å². The van der Waals surface area contributed by atoms with Crippen LogP contribution in [-0.4, -0.2) is 0 Å². The Morgan fingerprint density at radius 1 is 0.333 bits per heavy atom. The maximum absolute atomic E-state index is 7.06. The summed E-state index contributed by atoms with van der Waals surface area (Å²) in [6.07, 6.45) is 0. The highest BCUT2D eigenvalue weighted by atomic mass is 16.3. The van der Waals surface area contributed by atoms with E-state index in [2.05, 4.69) is 219 Å². The third kappa shape index (κ3) is 5.33. The van der Waals surface area contributed by atoms with E-state index in [1.807, 2.05) is 0 Å². The van der Waals surface area contributed by atoms with Gasteiger partial charge in [0, 0.05) is 44.2 Å². The lowest BCUT2D eigenvalue weighted by Crippen LogP contribution is -2.16. The van der Waals surface area contributed by atoms with E-state index in [0.717, 1.165) is 55.5 Å². The molecule has 11 rings (SSSR count). The lowest BCUT2D eigenvalue weighted by atomic mass is 9.82. The smallest absolute Gasteiger partial charge is 0.143 e. The Bertz CT molecular complexity index is 3120. The minimum absolute atomic E-state index is 0.139. The second-order valence-corrected chi connectivity index (χ2v) is 15.7. The molecule has 0 saturated carbocycles. The van der Waals surface area contributed by atoms with Gasteiger partial charge in [0.2, 0.25) is 0 Å². The molecule has 0 bridgehead atoms. The van der Waals surface area contributed by atoms with Crippen LogP contribution >= 0.6 is 0 Å². The van der Waals surface area contributed by atoms with Gasteiger partial charge in [0.25, 0.3) is 0 Å². The van der Waals surface area contributed by atoms with Gasteiger partial charge in [-0.15, -0.1) is 0 Å². The van der Waals surface area contributed by atoms with E-state index in [1.54, 1.807) is 0 Å². The first-order chi connectivity index (χ1) is 28.0. The van der Waals surface area contributed by atoms with Crippen LogP contribution in [0.25, 0.3) is 77.2 Å². The Hall–Kier alpha value is -7.16. The van der Waals surface area contributed by atoms with Crippen molar-refractivity contribution in [3.8, 4) is 44.5 Å². The number of nitrogens with zero attached hydrogens (tertiary/aromatic N) is 1. The van der Waals surface area contributed by atoms with Gasteiger partial charge in [-0.3, -0.25) is 0 Å². The summed E-state index contributed by atoms with van der Waals surface area (Å²) in [5, 5.41) is 4.48. The number of fused-ring (bicyclic) bond motifs is 8. The Morgan fingerprint density at radius 2 is 0.877 bits per heavy atom. The quantitative estimate of drug-likeness (QED) is 0.169. The van der Waals surface area contributed by atoms with Crippen LogP contribution in [0, 0.1) is 0 Å². The molecule has 10 aromatic rings. The van der Waals surface area contributed by atoms with Crippen molar-refractivity contribution in [2.45, 2.75) is 19.3 Å². The Morgan fingerprint density at radius 3 is 1.60 bits per heavy atom. The maximum atomic E-state index is 7.06. The maximum Gasteiger partial charge on any atom is 0.143 e. The Labute approximate surface area is 332 Å². The topological polar surface area (TPSA) is 16.4 Å². The molecule has 0 aliphatic heterocycles. The van der Waals surface area contributed by atoms with Gasteiger partial charge >= 0.3 is 0 Å². The summed E-state index contributed by atoms with van der Waals surface area (Å²) in [4.78, 5) is 2.43. The summed E-state index contributed by atoms with van der Waals surface area (Å²) in [7, 11) is 0. The molecule has 2 nitrogen and oxygen atoms in total. The van der Waals surface area contributed by atoms with Crippen LogP contribution in [0.4, 0.5) is 17.1 Å². The summed E-state index contributed by atoms with van der Waals surface area (Å²) >= 11 is 0. The molecule has 1 aliphatic rings. The average Bonchev–Trinajstić information content (AvgIpc) is 3.76. The molecular formula is C55H39NO. The lowest BCUT2D eigenvalue weighted by molar-refractivity contribution is 0.660. The van der Waals surface area contributed by atoms with Crippen molar-refractivity contribution in [2.75, 3.05) is 4.90 Å². The molecule has 0 saturated heterocycles. The van der Waals surface area contributed by atoms with E-state index in [0.29, 0.717) is 0 Å². The first kappa shape index (κ1) is 33.2. The highest BCUT2D eigenvalue weighted by molar-refractivity contribution is 6.21. The second kappa shape index (κ2) is 13.0. The number of rotatable bonds is 6. The SMILES string of the molecule is CC1(C)c2ccccc2-c2ccc(N(c3ccc(-c4ccccc4)cc3)c3cc(-c4ccccc4)c4oc5c6ccccc6c(-c6ccccc6)cc5c4c3)cc21. The molecule has 9 aromatic carbocycles. The molecule has 1 aromatic heterocycles. The summed E-state index contributed by atoms with van der Waals surface area (Å²) in [6.45, 7) is 4.71. The summed E-state index contributed by atoms with van der Waals surface area (Å²) < 4.78 is 7.06. The van der Waals surface area contributed by atoms with Crippen molar-refractivity contribution >= 4 is 49.8 Å². The van der Waals surface area contributed by atoms with Crippen molar-refractivity contribution in [2.24, 2.45) is 0 Å². The largest absolute Gasteiger partial charge is 0.455 e. The summed E-state index contributed by atoms with van der Waals surface area (Å²) in [5.74, 6) is 0. The molecule has 0 fully saturated rings. The molecule has 57 heavy (non-hydrogen) atoms. The monoisotopic (exact) mass is 729 g/mol. The van der Waals surface area contributed by atoms with Gasteiger partial charge in [-0.2, -0.15) is 0 Å². The molecular weight excluding hydrogens is 691 g/mol. The molecule has 0 atom stereocenters. The predicted molar refractivity (Wildman–Crippen MR) is 240 cm³/mol. The molecule has 1 heterocycles. The first-order valence-corrected chi connectivity index (χ1v) is 19.8. The number of hydrogen-bond donors (Lipinski definition) is 0. The van der Waals surface area contributed by atoms with Crippen molar-refractivity contribution in [1.29, 1.82) is 0 Å². The summed E-state index contributed by atoms with van der Waals surface area (Å²) in [6, 6.07) is 72.5. The van der Waals surface area contributed by atoms with Crippen LogP contribution in [0.2, 0.25) is 0 Å². The highest BCUT2D eigenvalue weighted by Gasteiger charge is 2.36. The Kier molecular flexibility index (Phi) is 7.55. The minimum atomic E-state index is -0.139. The van der Waals surface area contributed by atoms with E-state index >= 15 is 0 Å². The first-order valence-electron chi connectivity index (χ1n) is 19.8. The second-order valence-electron chi connectivity index (χ2n) is 15.7. The van der Waals surface area contributed by atoms with Crippen LogP contribution in [0.5, 0.6) is 0 Å². The van der Waals surface area contributed by atoms with Gasteiger partial charge in [-0.1, -0.05) is 172 Å². The molecule has 0 amide bonds. The van der Waals surface area contributed by atoms with Crippen LogP contribution < -0.4 is 4.90 Å². The minimum Gasteiger partial charge on any atom is -0.455 e. The molecule has 0 unspecified atom stereocenters. The van der Waals surface area contributed by atoms with Crippen molar-refractivity contribution in [3.63, 3.8) is 0 Å². The van der Waals surface area contributed by atoms with Gasteiger partial charge in [-0.05, 0) is 97.9 Å². The van der Waals surface area contributed by atoms with Crippen LogP contribution in [0.15, 0.2) is 205 Å². The molecule has 270 valence electrons. The fourth-order valence-electron chi connectivity index (χ4n) is 9.21. The summed E-state index contributed by atoms with van der Waals surface area (Å²) in [5.41, 5.74) is 17.2. The van der Waals surface area contributed by atoms with E-state index in [9.17, 15) is 0 Å². The number of anilines is 3. The van der Waals surface area contributed by atoms with Gasteiger partial charge in [-0.25, -0.2) is 0 Å². The van der Waals surface area contributed by atoms with E-state index in [-0.39, 0.29) is 5.41 Å². The molecule has 0 N–H and O–H groups in total. The highest BCUT2D eigenvalue weighted by Crippen LogP contribution is 2.52. The molecule has 2 heteroatoms. The van der Waals surface area contributed by atoms with Gasteiger partial charge in [0.1, 0.15) is 11.2 Å². The number of furan rings is 1. The zero-order chi connectivity index (χ0) is 38.1. The fraction of sp³-hybridized carbons (Fsp3) is 0.0545. The zero-order valence-electron chi connectivity index (χ0n) is 31.9. The zero-order valence-corrected chi connectivity index (χ0v) is 31.9. The van der Waals surface area contributed by atoms with Crippen LogP contribution in [0.1, 0.15) is 25.0 Å². The lowest BCUT2D eigenvalue weighted by Gasteiger charge is -2.29. The average molecular weight is 730 g/mol. The van der Waals surface area contributed by atoms with Crippen LogP contribution in [-0.2, 0) is 5.41 Å². The van der Waals surface area contributed by atoms with Gasteiger partial charge in [0.05, 0.1) is 0 Å². The molecule has 0 spiro atoms. The van der Waals surface area contributed by atoms with Crippen molar-refractivity contribution in [1.82, 2.24) is 0 Å². The van der Waals surface area contributed by atoms with E-state index in [4.69, 9.17) is 4.42 Å². The predicted octanol–water partition coefficient (Wildman–Crippen LogP) is 15.5. The van der Waals surface area contributed by atoms with Crippen LogP contribution in [0.3, 0.4) is 0 Å². The van der Waals surface area contributed by atoms with E-state index < -0.39 is 0 Å². The van der Waals surface area contributed by atoms with Gasteiger partial charge in [0.15, 0.2) is 0 Å². The molecule has 0 radical (unpaired) electrons. The standard InChI is InChI=1S/C55H39NO/c1-55(2)51-25-15-14-23-44(51)45-31-30-41(34-52(45)55)56(40-28-26-37(27-29-40)36-16-6-3-7-17-36)42-32-48(39-20-10-5-11-21-39)54-49(33-42)50-35-47(38-18-8-4-9-19-38)43-22-12-13-24-46(43)53(50)57-54/h3-35H,1-2H3. The fourth-order valence-corrected chi connectivity index (χ4v) is 9.21.